The molecular weight excluding hydrogens is 426 g/mol. The summed E-state index contributed by atoms with van der Waals surface area (Å²) < 4.78 is 34.2. The predicted molar refractivity (Wildman–Crippen MR) is 112 cm³/mol. The van der Waals surface area contributed by atoms with Crippen molar-refractivity contribution < 1.29 is 17.9 Å². The van der Waals surface area contributed by atoms with Gasteiger partial charge in [0.2, 0.25) is 10.0 Å². The molecule has 1 aliphatic heterocycles. The third kappa shape index (κ3) is 3.90. The molecule has 2 aromatic heterocycles. The number of aryl methyl sites for hydroxylation is 1. The topological polar surface area (TPSA) is 98.0 Å². The summed E-state index contributed by atoms with van der Waals surface area (Å²) in [6.07, 6.45) is 1.81. The fourth-order valence-electron chi connectivity index (χ4n) is 3.57. The first-order valence-electron chi connectivity index (χ1n) is 9.58. The minimum atomic E-state index is -3.81. The van der Waals surface area contributed by atoms with Gasteiger partial charge in [-0.2, -0.15) is 4.31 Å². The van der Waals surface area contributed by atoms with E-state index in [0.29, 0.717) is 23.5 Å². The first kappa shape index (κ1) is 20.7. The quantitative estimate of drug-likeness (QED) is 0.557. The van der Waals surface area contributed by atoms with Crippen molar-refractivity contribution in [2.45, 2.75) is 43.7 Å². The molecule has 30 heavy (non-hydrogen) atoms. The molecule has 10 heteroatoms. The van der Waals surface area contributed by atoms with E-state index in [-0.39, 0.29) is 23.6 Å². The van der Waals surface area contributed by atoms with Crippen LogP contribution in [0.4, 0.5) is 0 Å². The number of carbonyl (C=O) groups excluding carboxylic acids is 1. The molecule has 1 unspecified atom stereocenters. The summed E-state index contributed by atoms with van der Waals surface area (Å²) >= 11 is 1.33. The van der Waals surface area contributed by atoms with Crippen LogP contribution in [0, 0.1) is 6.92 Å². The van der Waals surface area contributed by atoms with E-state index < -0.39 is 22.0 Å². The lowest BCUT2D eigenvalue weighted by Gasteiger charge is -2.32. The van der Waals surface area contributed by atoms with E-state index >= 15 is 0 Å². The van der Waals surface area contributed by atoms with Crippen molar-refractivity contribution in [3.05, 3.63) is 63.5 Å². The van der Waals surface area contributed by atoms with Crippen LogP contribution in [0.2, 0.25) is 0 Å². The van der Waals surface area contributed by atoms with Crippen LogP contribution in [0.3, 0.4) is 0 Å². The molecule has 1 fully saturated rings. The highest BCUT2D eigenvalue weighted by molar-refractivity contribution is 7.89. The Hall–Kier alpha value is -2.56. The molecule has 0 aliphatic carbocycles. The van der Waals surface area contributed by atoms with Crippen molar-refractivity contribution >= 4 is 32.3 Å². The van der Waals surface area contributed by atoms with Crippen molar-refractivity contribution in [3.63, 3.8) is 0 Å². The molecule has 1 aliphatic rings. The van der Waals surface area contributed by atoms with Gasteiger partial charge in [0.25, 0.3) is 5.56 Å². The fraction of sp³-hybridized carbons (Fsp3) is 0.350. The molecule has 3 aromatic rings. The molecule has 0 spiro atoms. The zero-order valence-electron chi connectivity index (χ0n) is 16.4. The van der Waals surface area contributed by atoms with Crippen LogP contribution in [0.15, 0.2) is 51.5 Å². The second kappa shape index (κ2) is 8.29. The lowest BCUT2D eigenvalue weighted by Crippen LogP contribution is -2.48. The molecule has 0 radical (unpaired) electrons. The highest BCUT2D eigenvalue weighted by atomic mass is 32.2. The first-order chi connectivity index (χ1) is 14.4. The van der Waals surface area contributed by atoms with Gasteiger partial charge >= 0.3 is 5.97 Å². The maximum absolute atomic E-state index is 13.0. The van der Waals surface area contributed by atoms with Gasteiger partial charge in [0.15, 0.2) is 4.96 Å². The first-order valence-corrected chi connectivity index (χ1v) is 11.9. The van der Waals surface area contributed by atoms with Gasteiger partial charge in [-0.15, -0.1) is 11.3 Å². The number of piperidine rings is 1. The summed E-state index contributed by atoms with van der Waals surface area (Å²) in [5, 5.41) is 1.83. The summed E-state index contributed by atoms with van der Waals surface area (Å²) in [4.78, 5) is 30.1. The maximum Gasteiger partial charge on any atom is 0.324 e. The Labute approximate surface area is 177 Å². The van der Waals surface area contributed by atoms with Crippen LogP contribution in [0.5, 0.6) is 0 Å². The third-order valence-corrected chi connectivity index (χ3v) is 7.93. The van der Waals surface area contributed by atoms with E-state index in [0.717, 1.165) is 12.1 Å². The highest BCUT2D eigenvalue weighted by Crippen LogP contribution is 2.26. The molecular formula is C20H21N3O5S2. The molecule has 1 aromatic carbocycles. The molecule has 158 valence electrons. The van der Waals surface area contributed by atoms with E-state index in [2.05, 4.69) is 4.98 Å². The molecule has 1 saturated heterocycles. The molecule has 0 amide bonds. The van der Waals surface area contributed by atoms with E-state index in [4.69, 9.17) is 4.74 Å². The Morgan fingerprint density at radius 2 is 2.03 bits per heavy atom. The van der Waals surface area contributed by atoms with Crippen molar-refractivity contribution in [1.82, 2.24) is 13.7 Å². The van der Waals surface area contributed by atoms with Gasteiger partial charge in [0.1, 0.15) is 12.6 Å². The molecule has 0 bridgehead atoms. The number of rotatable bonds is 5. The minimum Gasteiger partial charge on any atom is -0.458 e. The zero-order chi connectivity index (χ0) is 21.3. The van der Waals surface area contributed by atoms with E-state index in [9.17, 15) is 18.0 Å². The molecule has 4 rings (SSSR count). The molecule has 0 saturated carbocycles. The van der Waals surface area contributed by atoms with Gasteiger partial charge in [-0.1, -0.05) is 18.2 Å². The smallest absolute Gasteiger partial charge is 0.324 e. The van der Waals surface area contributed by atoms with Crippen molar-refractivity contribution in [3.8, 4) is 0 Å². The van der Waals surface area contributed by atoms with Crippen molar-refractivity contribution in [1.29, 1.82) is 0 Å². The molecule has 0 N–H and O–H groups in total. The lowest BCUT2D eigenvalue weighted by atomic mass is 10.1. The number of sulfonamides is 1. The number of aromatic nitrogens is 2. The minimum absolute atomic E-state index is 0.151. The molecule has 1 atom stereocenters. The highest BCUT2D eigenvalue weighted by Gasteiger charge is 2.38. The van der Waals surface area contributed by atoms with Gasteiger partial charge in [-0.05, 0) is 38.3 Å². The monoisotopic (exact) mass is 447 g/mol. The number of thiazole rings is 1. The largest absolute Gasteiger partial charge is 0.458 e. The number of hydrogen-bond acceptors (Lipinski definition) is 7. The van der Waals surface area contributed by atoms with Gasteiger partial charge < -0.3 is 4.74 Å². The summed E-state index contributed by atoms with van der Waals surface area (Å²) in [6, 6.07) is 8.51. The van der Waals surface area contributed by atoms with Crippen LogP contribution >= 0.6 is 11.3 Å². The fourth-order valence-corrected chi connectivity index (χ4v) is 6.13. The number of hydrogen-bond donors (Lipinski definition) is 0. The Morgan fingerprint density at radius 1 is 1.27 bits per heavy atom. The normalized spacial score (nSPS) is 17.8. The SMILES string of the molecule is Cc1csc2nc(COC(=O)C3CCCCN3S(=O)(=O)c3ccccc3)cc(=O)n12. The number of fused-ring (bicyclic) bond motifs is 1. The summed E-state index contributed by atoms with van der Waals surface area (Å²) in [5.74, 6) is -0.626. The number of nitrogens with zero attached hydrogens (tertiary/aromatic N) is 3. The van der Waals surface area contributed by atoms with E-state index in [1.165, 1.54) is 38.2 Å². The van der Waals surface area contributed by atoms with E-state index in [1.54, 1.807) is 18.2 Å². The van der Waals surface area contributed by atoms with Crippen LogP contribution < -0.4 is 5.56 Å². The Balaban J connectivity index is 1.52. The Kier molecular flexibility index (Phi) is 5.72. The predicted octanol–water partition coefficient (Wildman–Crippen LogP) is 2.35. The number of carbonyl (C=O) groups is 1. The van der Waals surface area contributed by atoms with Gasteiger partial charge in [-0.25, -0.2) is 13.4 Å². The van der Waals surface area contributed by atoms with E-state index in [1.807, 2.05) is 12.3 Å². The summed E-state index contributed by atoms with van der Waals surface area (Å²) in [7, 11) is -3.81. The third-order valence-electron chi connectivity index (χ3n) is 5.07. The standard InChI is InChI=1S/C20H21N3O5S2/c1-14-13-29-20-21-15(11-18(24)23(14)20)12-28-19(25)17-9-5-6-10-22(17)30(26,27)16-7-3-2-4-8-16/h2-4,7-8,11,13,17H,5-6,9-10,12H2,1H3. The van der Waals surface area contributed by atoms with Crippen LogP contribution in [0.1, 0.15) is 30.7 Å². The van der Waals surface area contributed by atoms with Crippen LogP contribution in [0.25, 0.3) is 4.96 Å². The number of ether oxygens (including phenoxy) is 1. The molecule has 8 nitrogen and oxygen atoms in total. The van der Waals surface area contributed by atoms with Gasteiger partial charge in [-0.3, -0.25) is 14.0 Å². The second-order valence-corrected chi connectivity index (χ2v) is 9.86. The van der Waals surface area contributed by atoms with Gasteiger partial charge in [0.05, 0.1) is 10.6 Å². The van der Waals surface area contributed by atoms with Crippen molar-refractivity contribution in [2.75, 3.05) is 6.54 Å². The molecule has 3 heterocycles. The van der Waals surface area contributed by atoms with Crippen LogP contribution in [-0.2, 0) is 26.2 Å². The average molecular weight is 448 g/mol. The second-order valence-electron chi connectivity index (χ2n) is 7.13. The Morgan fingerprint density at radius 3 is 2.80 bits per heavy atom. The maximum atomic E-state index is 13.0. The number of benzene rings is 1. The zero-order valence-corrected chi connectivity index (χ0v) is 18.0. The lowest BCUT2D eigenvalue weighted by molar-refractivity contribution is -0.150. The Bertz CT molecular complexity index is 1230. The summed E-state index contributed by atoms with van der Waals surface area (Å²) in [5.41, 5.74) is 0.888. The summed E-state index contributed by atoms with van der Waals surface area (Å²) in [6.45, 7) is 1.89. The average Bonchev–Trinajstić information content (AvgIpc) is 3.14. The van der Waals surface area contributed by atoms with Crippen LogP contribution in [-0.4, -0.2) is 40.7 Å². The van der Waals surface area contributed by atoms with Gasteiger partial charge in [0, 0.05) is 23.7 Å². The van der Waals surface area contributed by atoms with Crippen molar-refractivity contribution in [2.24, 2.45) is 0 Å². The number of esters is 1.